The molecule has 3 nitrogen and oxygen atoms in total. The maximum Gasteiger partial charge on any atom is 0.0378 e. The number of nitrogens with two attached hydrogens (primary N) is 1. The van der Waals surface area contributed by atoms with E-state index in [-0.39, 0.29) is 12.1 Å². The van der Waals surface area contributed by atoms with Crippen LogP contribution in [0, 0.1) is 0 Å². The minimum atomic E-state index is 0.156. The summed E-state index contributed by atoms with van der Waals surface area (Å²) in [5.74, 6) is 0. The summed E-state index contributed by atoms with van der Waals surface area (Å²) >= 11 is 0. The van der Waals surface area contributed by atoms with Gasteiger partial charge in [-0.2, -0.15) is 0 Å². The van der Waals surface area contributed by atoms with Crippen LogP contribution in [0.15, 0.2) is 12.3 Å². The average Bonchev–Trinajstić information content (AvgIpc) is 1.87. The number of nitrogens with one attached hydrogen (secondary N) is 2. The summed E-state index contributed by atoms with van der Waals surface area (Å²) in [5.41, 5.74) is 6.64. The molecule has 0 aliphatic carbocycles. The van der Waals surface area contributed by atoms with Crippen LogP contribution in [0.3, 0.4) is 0 Å². The first-order chi connectivity index (χ1) is 5.07. The van der Waals surface area contributed by atoms with Gasteiger partial charge in [0, 0.05) is 24.3 Å². The number of likely N-dealkylation sites (N-methyl/N-ethyl adjacent to an activating group) is 1. The number of rotatable bonds is 5. The van der Waals surface area contributed by atoms with Crippen LogP contribution in [0.4, 0.5) is 0 Å². The third-order valence-corrected chi connectivity index (χ3v) is 1.61. The highest BCUT2D eigenvalue weighted by Crippen LogP contribution is 1.91. The molecule has 0 bridgehead atoms. The second-order valence-electron chi connectivity index (χ2n) is 2.93. The molecule has 0 rings (SSSR count). The minimum absolute atomic E-state index is 0.156. The van der Waals surface area contributed by atoms with Gasteiger partial charge in [0.05, 0.1) is 0 Å². The Morgan fingerprint density at radius 2 is 2.09 bits per heavy atom. The molecule has 0 aromatic heterocycles. The fourth-order valence-electron chi connectivity index (χ4n) is 0.718. The molecule has 11 heavy (non-hydrogen) atoms. The van der Waals surface area contributed by atoms with Gasteiger partial charge in [-0.1, -0.05) is 6.58 Å². The first-order valence-electron chi connectivity index (χ1n) is 3.92. The van der Waals surface area contributed by atoms with Crippen LogP contribution in [0.25, 0.3) is 0 Å². The lowest BCUT2D eigenvalue weighted by atomic mass is 10.2. The first-order valence-corrected chi connectivity index (χ1v) is 3.92. The van der Waals surface area contributed by atoms with Gasteiger partial charge < -0.3 is 16.4 Å². The Bertz CT molecular complexity index is 121. The highest BCUT2D eigenvalue weighted by atomic mass is 15.0. The van der Waals surface area contributed by atoms with Gasteiger partial charge in [-0.05, 0) is 20.9 Å². The van der Waals surface area contributed by atoms with Gasteiger partial charge in [0.25, 0.3) is 0 Å². The van der Waals surface area contributed by atoms with Crippen LogP contribution in [0.2, 0.25) is 0 Å². The highest BCUT2D eigenvalue weighted by Gasteiger charge is 2.05. The van der Waals surface area contributed by atoms with Gasteiger partial charge in [0.1, 0.15) is 0 Å². The lowest BCUT2D eigenvalue weighted by Gasteiger charge is -2.19. The Morgan fingerprint density at radius 1 is 1.55 bits per heavy atom. The molecular formula is C8H19N3. The zero-order valence-corrected chi connectivity index (χ0v) is 7.65. The van der Waals surface area contributed by atoms with Crippen molar-refractivity contribution in [3.8, 4) is 0 Å². The van der Waals surface area contributed by atoms with Gasteiger partial charge in [-0.3, -0.25) is 0 Å². The quantitative estimate of drug-likeness (QED) is 0.528. The fourth-order valence-corrected chi connectivity index (χ4v) is 0.718. The average molecular weight is 157 g/mol. The van der Waals surface area contributed by atoms with E-state index in [1.54, 1.807) is 0 Å². The Morgan fingerprint density at radius 3 is 2.45 bits per heavy atom. The van der Waals surface area contributed by atoms with Crippen LogP contribution in [0.5, 0.6) is 0 Å². The van der Waals surface area contributed by atoms with Gasteiger partial charge in [0.2, 0.25) is 0 Å². The normalized spacial score (nSPS) is 15.6. The Hall–Kier alpha value is -0.540. The van der Waals surface area contributed by atoms with Gasteiger partial charge in [0.15, 0.2) is 0 Å². The van der Waals surface area contributed by atoms with E-state index in [9.17, 15) is 0 Å². The highest BCUT2D eigenvalue weighted by molar-refractivity contribution is 4.96. The number of hydrogen-bond donors (Lipinski definition) is 3. The smallest absolute Gasteiger partial charge is 0.0378 e. The van der Waals surface area contributed by atoms with Crippen molar-refractivity contribution in [3.63, 3.8) is 0 Å². The summed E-state index contributed by atoms with van der Waals surface area (Å²) < 4.78 is 0. The van der Waals surface area contributed by atoms with E-state index in [2.05, 4.69) is 17.2 Å². The minimum Gasteiger partial charge on any atom is -0.384 e. The molecule has 0 heterocycles. The molecule has 0 aromatic rings. The van der Waals surface area contributed by atoms with Crippen LogP contribution in [-0.4, -0.2) is 25.7 Å². The molecule has 4 N–H and O–H groups in total. The topological polar surface area (TPSA) is 50.1 Å². The first kappa shape index (κ1) is 10.5. The van der Waals surface area contributed by atoms with Crippen LogP contribution in [-0.2, 0) is 0 Å². The SMILES string of the molecule is C=C(CNC)NC(C)C(C)N. The monoisotopic (exact) mass is 157 g/mol. The second-order valence-corrected chi connectivity index (χ2v) is 2.93. The molecule has 0 spiro atoms. The molecule has 0 aromatic carbocycles. The molecule has 66 valence electrons. The lowest BCUT2D eigenvalue weighted by Crippen LogP contribution is -2.41. The second kappa shape index (κ2) is 5.16. The summed E-state index contributed by atoms with van der Waals surface area (Å²) in [6.07, 6.45) is 0. The Balaban J connectivity index is 3.57. The van der Waals surface area contributed by atoms with E-state index < -0.39 is 0 Å². The van der Waals surface area contributed by atoms with Gasteiger partial charge >= 0.3 is 0 Å². The van der Waals surface area contributed by atoms with Crippen molar-refractivity contribution in [1.82, 2.24) is 10.6 Å². The van der Waals surface area contributed by atoms with Crippen molar-refractivity contribution >= 4 is 0 Å². The van der Waals surface area contributed by atoms with E-state index >= 15 is 0 Å². The maximum absolute atomic E-state index is 5.66. The van der Waals surface area contributed by atoms with Crippen molar-refractivity contribution in [1.29, 1.82) is 0 Å². The van der Waals surface area contributed by atoms with Crippen LogP contribution < -0.4 is 16.4 Å². The molecule has 0 saturated heterocycles. The van der Waals surface area contributed by atoms with Crippen LogP contribution >= 0.6 is 0 Å². The van der Waals surface area contributed by atoms with Crippen LogP contribution in [0.1, 0.15) is 13.8 Å². The summed E-state index contributed by atoms with van der Waals surface area (Å²) in [6.45, 7) is 8.65. The molecule has 2 atom stereocenters. The third-order valence-electron chi connectivity index (χ3n) is 1.61. The molecule has 0 saturated carbocycles. The molecule has 0 amide bonds. The molecule has 0 radical (unpaired) electrons. The zero-order chi connectivity index (χ0) is 8.85. The third kappa shape index (κ3) is 4.81. The predicted molar refractivity (Wildman–Crippen MR) is 49.3 cm³/mol. The van der Waals surface area contributed by atoms with Crippen molar-refractivity contribution in [3.05, 3.63) is 12.3 Å². The summed E-state index contributed by atoms with van der Waals surface area (Å²) in [5, 5.41) is 6.21. The predicted octanol–water partition coefficient (Wildman–Crippen LogP) is 0.0448. The van der Waals surface area contributed by atoms with Gasteiger partial charge in [-0.15, -0.1) is 0 Å². The molecule has 0 aliphatic heterocycles. The van der Waals surface area contributed by atoms with E-state index in [4.69, 9.17) is 5.73 Å². The zero-order valence-electron chi connectivity index (χ0n) is 7.65. The summed E-state index contributed by atoms with van der Waals surface area (Å²) in [6, 6.07) is 0.444. The Labute approximate surface area is 69.0 Å². The maximum atomic E-state index is 5.66. The molecule has 0 fully saturated rings. The largest absolute Gasteiger partial charge is 0.384 e. The number of hydrogen-bond acceptors (Lipinski definition) is 3. The lowest BCUT2D eigenvalue weighted by molar-refractivity contribution is 0.514. The van der Waals surface area contributed by atoms with E-state index in [0.717, 1.165) is 12.2 Å². The van der Waals surface area contributed by atoms with Crippen molar-refractivity contribution in [2.45, 2.75) is 25.9 Å². The molecule has 3 heteroatoms. The Kier molecular flexibility index (Phi) is 4.90. The van der Waals surface area contributed by atoms with E-state index in [0.29, 0.717) is 0 Å². The summed E-state index contributed by atoms with van der Waals surface area (Å²) in [4.78, 5) is 0. The summed E-state index contributed by atoms with van der Waals surface area (Å²) in [7, 11) is 1.89. The molecule has 2 unspecified atom stereocenters. The standard InChI is InChI=1S/C8H19N3/c1-6(5-10-4)11-8(3)7(2)9/h7-8,10-11H,1,5,9H2,2-4H3. The van der Waals surface area contributed by atoms with E-state index in [1.807, 2.05) is 20.9 Å². The van der Waals surface area contributed by atoms with Crippen molar-refractivity contribution in [2.75, 3.05) is 13.6 Å². The molecular weight excluding hydrogens is 138 g/mol. The fraction of sp³-hybridized carbons (Fsp3) is 0.750. The molecule has 0 aliphatic rings. The van der Waals surface area contributed by atoms with Crippen molar-refractivity contribution in [2.24, 2.45) is 5.73 Å². The van der Waals surface area contributed by atoms with E-state index in [1.165, 1.54) is 0 Å². The van der Waals surface area contributed by atoms with Gasteiger partial charge in [-0.25, -0.2) is 0 Å². The van der Waals surface area contributed by atoms with Crippen molar-refractivity contribution < 1.29 is 0 Å².